The highest BCUT2D eigenvalue weighted by atomic mass is 19.4. The number of halogens is 3. The van der Waals surface area contributed by atoms with Crippen molar-refractivity contribution in [2.24, 2.45) is 5.73 Å². The van der Waals surface area contributed by atoms with Crippen LogP contribution in [0.3, 0.4) is 0 Å². The van der Waals surface area contributed by atoms with Crippen molar-refractivity contribution >= 4 is 11.8 Å². The molecule has 2 atom stereocenters. The minimum Gasteiger partial charge on any atom is -0.378 e. The lowest BCUT2D eigenvalue weighted by Crippen LogP contribution is -2.47. The fourth-order valence-electron chi connectivity index (χ4n) is 2.43. The van der Waals surface area contributed by atoms with E-state index in [1.807, 2.05) is 6.07 Å². The summed E-state index contributed by atoms with van der Waals surface area (Å²) in [4.78, 5) is 23.8. The van der Waals surface area contributed by atoms with Crippen molar-refractivity contribution in [2.45, 2.75) is 24.7 Å². The Morgan fingerprint density at radius 2 is 1.68 bits per heavy atom. The normalized spacial score (nSPS) is 13.2. The summed E-state index contributed by atoms with van der Waals surface area (Å²) in [6, 6.07) is 10.5. The zero-order valence-corrected chi connectivity index (χ0v) is 14.4. The molecule has 0 saturated heterocycles. The smallest absolute Gasteiger partial charge is 0.378 e. The summed E-state index contributed by atoms with van der Waals surface area (Å²) in [6.07, 6.45) is -6.29. The number of nitrogens with two attached hydrogens (primary N) is 1. The average Bonchev–Trinajstić information content (AvgIpc) is 2.66. The van der Waals surface area contributed by atoms with Gasteiger partial charge in [-0.15, -0.1) is 0 Å². The van der Waals surface area contributed by atoms with Gasteiger partial charge in [0.15, 0.2) is 6.10 Å². The molecule has 2 rings (SSSR count). The molecule has 0 aliphatic heterocycles. The summed E-state index contributed by atoms with van der Waals surface area (Å²) in [5, 5.41) is 21.1. The molecule has 0 spiro atoms. The van der Waals surface area contributed by atoms with Gasteiger partial charge in [0.1, 0.15) is 6.04 Å². The Hall–Kier alpha value is -3.38. The third-order valence-electron chi connectivity index (χ3n) is 3.98. The molecule has 28 heavy (non-hydrogen) atoms. The van der Waals surface area contributed by atoms with E-state index >= 15 is 0 Å². The summed E-state index contributed by atoms with van der Waals surface area (Å²) in [6.45, 7) is 0. The molecule has 0 unspecified atom stereocenters. The predicted molar refractivity (Wildman–Crippen MR) is 92.4 cm³/mol. The fraction of sp³-hybridized carbons (Fsp3) is 0.211. The first-order valence-corrected chi connectivity index (χ1v) is 8.05. The molecule has 0 aliphatic carbocycles. The van der Waals surface area contributed by atoms with E-state index < -0.39 is 35.7 Å². The lowest BCUT2D eigenvalue weighted by atomic mass is 10.0. The molecular formula is C19H16F3N3O3. The minimum atomic E-state index is -4.54. The van der Waals surface area contributed by atoms with Crippen molar-refractivity contribution in [1.82, 2.24) is 5.32 Å². The maximum absolute atomic E-state index is 12.6. The molecule has 9 heteroatoms. The van der Waals surface area contributed by atoms with E-state index in [0.717, 1.165) is 24.3 Å². The number of amides is 2. The lowest BCUT2D eigenvalue weighted by Gasteiger charge is -2.19. The molecule has 0 fully saturated rings. The number of hydrogen-bond donors (Lipinski definition) is 3. The summed E-state index contributed by atoms with van der Waals surface area (Å²) < 4.78 is 37.8. The van der Waals surface area contributed by atoms with Crippen LogP contribution in [0, 0.1) is 11.3 Å². The van der Waals surface area contributed by atoms with Crippen LogP contribution in [0.1, 0.15) is 28.4 Å². The van der Waals surface area contributed by atoms with E-state index in [0.29, 0.717) is 11.1 Å². The number of primary amides is 1. The molecule has 2 aromatic rings. The van der Waals surface area contributed by atoms with Gasteiger partial charge in [-0.25, -0.2) is 0 Å². The fourth-order valence-corrected chi connectivity index (χ4v) is 2.43. The standard InChI is InChI=1S/C19H16F3N3O3/c20-19(21,22)14-7-5-13(6-8-14)16(26)18(28)25-15(17(24)27)9-11-1-3-12(10-23)4-2-11/h1-8,15-16,26H,9H2,(H2,24,27)(H,25,28)/t15-,16-/m0/s1. The van der Waals surface area contributed by atoms with Gasteiger partial charge in [0, 0.05) is 6.42 Å². The number of hydrogen-bond acceptors (Lipinski definition) is 4. The van der Waals surface area contributed by atoms with Crippen LogP contribution in [-0.2, 0) is 22.2 Å². The monoisotopic (exact) mass is 391 g/mol. The van der Waals surface area contributed by atoms with Crippen LogP contribution >= 0.6 is 0 Å². The van der Waals surface area contributed by atoms with Gasteiger partial charge in [0.05, 0.1) is 17.2 Å². The van der Waals surface area contributed by atoms with Crippen molar-refractivity contribution in [3.8, 4) is 6.07 Å². The molecule has 6 nitrogen and oxygen atoms in total. The second-order valence-corrected chi connectivity index (χ2v) is 6.00. The molecule has 4 N–H and O–H groups in total. The Kier molecular flexibility index (Phi) is 6.38. The largest absolute Gasteiger partial charge is 0.416 e. The van der Waals surface area contributed by atoms with Gasteiger partial charge >= 0.3 is 6.18 Å². The summed E-state index contributed by atoms with van der Waals surface area (Å²) in [5.41, 5.74) is 5.34. The molecule has 146 valence electrons. The van der Waals surface area contributed by atoms with Crippen LogP contribution in [0.2, 0.25) is 0 Å². The SMILES string of the molecule is N#Cc1ccc(C[C@H](NC(=O)[C@@H](O)c2ccc(C(F)(F)F)cc2)C(N)=O)cc1. The molecule has 2 aromatic carbocycles. The number of nitrogens with one attached hydrogen (secondary N) is 1. The average molecular weight is 391 g/mol. The van der Waals surface area contributed by atoms with E-state index in [2.05, 4.69) is 5.32 Å². The highest BCUT2D eigenvalue weighted by molar-refractivity contribution is 5.89. The Balaban J connectivity index is 2.08. The number of carbonyl (C=O) groups is 2. The Labute approximate surface area is 158 Å². The number of benzene rings is 2. The van der Waals surface area contributed by atoms with Gasteiger partial charge in [-0.3, -0.25) is 9.59 Å². The van der Waals surface area contributed by atoms with Gasteiger partial charge in [-0.2, -0.15) is 18.4 Å². The van der Waals surface area contributed by atoms with Gasteiger partial charge < -0.3 is 16.2 Å². The Morgan fingerprint density at radius 1 is 1.11 bits per heavy atom. The number of nitrogens with zero attached hydrogens (tertiary/aromatic N) is 1. The number of aliphatic hydroxyl groups excluding tert-OH is 1. The van der Waals surface area contributed by atoms with Crippen LogP contribution in [0.4, 0.5) is 13.2 Å². The summed E-state index contributed by atoms with van der Waals surface area (Å²) in [7, 11) is 0. The first-order chi connectivity index (χ1) is 13.1. The molecule has 0 radical (unpaired) electrons. The maximum Gasteiger partial charge on any atom is 0.416 e. The Morgan fingerprint density at radius 3 is 2.14 bits per heavy atom. The molecule has 2 amide bonds. The first-order valence-electron chi connectivity index (χ1n) is 8.05. The van der Waals surface area contributed by atoms with Crippen molar-refractivity contribution in [3.05, 3.63) is 70.8 Å². The zero-order chi connectivity index (χ0) is 20.9. The van der Waals surface area contributed by atoms with Crippen molar-refractivity contribution in [3.63, 3.8) is 0 Å². The van der Waals surface area contributed by atoms with E-state index in [-0.39, 0.29) is 12.0 Å². The van der Waals surface area contributed by atoms with Crippen molar-refractivity contribution < 1.29 is 27.9 Å². The van der Waals surface area contributed by atoms with E-state index in [9.17, 15) is 27.9 Å². The second-order valence-electron chi connectivity index (χ2n) is 6.00. The third kappa shape index (κ3) is 5.31. The maximum atomic E-state index is 12.6. The molecule has 0 aromatic heterocycles. The van der Waals surface area contributed by atoms with Gasteiger partial charge in [-0.1, -0.05) is 24.3 Å². The number of nitriles is 1. The number of aliphatic hydroxyl groups is 1. The van der Waals surface area contributed by atoms with E-state index in [4.69, 9.17) is 11.0 Å². The number of alkyl halides is 3. The van der Waals surface area contributed by atoms with E-state index in [1.54, 1.807) is 12.1 Å². The number of rotatable bonds is 6. The van der Waals surface area contributed by atoms with Gasteiger partial charge in [0.25, 0.3) is 5.91 Å². The van der Waals surface area contributed by atoms with Crippen LogP contribution in [-0.4, -0.2) is 23.0 Å². The van der Waals surface area contributed by atoms with Gasteiger partial charge in [0.2, 0.25) is 5.91 Å². The van der Waals surface area contributed by atoms with Crippen LogP contribution in [0.25, 0.3) is 0 Å². The zero-order valence-electron chi connectivity index (χ0n) is 14.4. The lowest BCUT2D eigenvalue weighted by molar-refractivity contribution is -0.137. The predicted octanol–water partition coefficient (Wildman–Crippen LogP) is 1.82. The van der Waals surface area contributed by atoms with E-state index in [1.165, 1.54) is 12.1 Å². The van der Waals surface area contributed by atoms with Crippen LogP contribution < -0.4 is 11.1 Å². The quantitative estimate of drug-likeness (QED) is 0.696. The number of carbonyl (C=O) groups excluding carboxylic acids is 2. The molecule has 0 saturated carbocycles. The van der Waals surface area contributed by atoms with Crippen molar-refractivity contribution in [1.29, 1.82) is 5.26 Å². The Bertz CT molecular complexity index is 888. The van der Waals surface area contributed by atoms with Crippen molar-refractivity contribution in [2.75, 3.05) is 0 Å². The van der Waals surface area contributed by atoms with Gasteiger partial charge in [-0.05, 0) is 35.4 Å². The second kappa shape index (κ2) is 8.54. The molecule has 0 heterocycles. The van der Waals surface area contributed by atoms with Crippen LogP contribution in [0.5, 0.6) is 0 Å². The summed E-state index contributed by atoms with van der Waals surface area (Å²) in [5.74, 6) is -1.82. The topological polar surface area (TPSA) is 116 Å². The third-order valence-corrected chi connectivity index (χ3v) is 3.98. The highest BCUT2D eigenvalue weighted by Crippen LogP contribution is 2.30. The minimum absolute atomic E-state index is 0.0204. The van der Waals surface area contributed by atoms with Crippen LogP contribution in [0.15, 0.2) is 48.5 Å². The summed E-state index contributed by atoms with van der Waals surface area (Å²) >= 11 is 0. The molecule has 0 bridgehead atoms. The molecule has 0 aliphatic rings. The highest BCUT2D eigenvalue weighted by Gasteiger charge is 2.31. The molecular weight excluding hydrogens is 375 g/mol. The first kappa shape index (κ1) is 20.9.